The number of rotatable bonds is 6. The van der Waals surface area contributed by atoms with Gasteiger partial charge in [-0.2, -0.15) is 0 Å². The topological polar surface area (TPSA) is 72.3 Å². The molecule has 1 saturated heterocycles. The van der Waals surface area contributed by atoms with Crippen LogP contribution in [0.5, 0.6) is 0 Å². The average Bonchev–Trinajstić information content (AvgIpc) is 2.86. The Morgan fingerprint density at radius 3 is 2.87 bits per heavy atom. The zero-order valence-electron chi connectivity index (χ0n) is 14.0. The summed E-state index contributed by atoms with van der Waals surface area (Å²) in [7, 11) is 1.84. The first kappa shape index (κ1) is 17.4. The predicted molar refractivity (Wildman–Crippen MR) is 93.8 cm³/mol. The molecule has 7 heteroatoms. The summed E-state index contributed by atoms with van der Waals surface area (Å²) in [6.07, 6.45) is 3.44. The number of hydrogen-bond donors (Lipinski definition) is 2. The Bertz CT molecular complexity index is 531. The van der Waals surface area contributed by atoms with E-state index in [-0.39, 0.29) is 5.91 Å². The number of carbonyl (C=O) groups is 1. The summed E-state index contributed by atoms with van der Waals surface area (Å²) < 4.78 is 0. The lowest BCUT2D eigenvalue weighted by molar-refractivity contribution is -0.118. The second kappa shape index (κ2) is 8.59. The van der Waals surface area contributed by atoms with E-state index in [2.05, 4.69) is 32.2 Å². The van der Waals surface area contributed by atoms with E-state index in [1.807, 2.05) is 18.9 Å². The van der Waals surface area contributed by atoms with E-state index < -0.39 is 0 Å². The molecule has 2 aliphatic rings. The molecule has 0 radical (unpaired) electrons. The van der Waals surface area contributed by atoms with Crippen LogP contribution in [0.3, 0.4) is 0 Å². The second-order valence-corrected chi connectivity index (χ2v) is 5.49. The Morgan fingerprint density at radius 2 is 2.22 bits per heavy atom. The van der Waals surface area contributed by atoms with Gasteiger partial charge in [0.25, 0.3) is 5.91 Å². The van der Waals surface area contributed by atoms with E-state index in [4.69, 9.17) is 0 Å². The lowest BCUT2D eigenvalue weighted by Gasteiger charge is -2.27. The summed E-state index contributed by atoms with van der Waals surface area (Å²) in [5.41, 5.74) is 2.16. The minimum absolute atomic E-state index is 0.0844. The molecule has 2 N–H and O–H groups in total. The Kier molecular flexibility index (Phi) is 6.49. The maximum Gasteiger partial charge on any atom is 0.268 e. The summed E-state index contributed by atoms with van der Waals surface area (Å²) in [5.74, 6) is -0.0844. The molecule has 2 heterocycles. The summed E-state index contributed by atoms with van der Waals surface area (Å²) in [6.45, 7) is 11.7. The van der Waals surface area contributed by atoms with E-state index in [9.17, 15) is 4.79 Å². The Morgan fingerprint density at radius 1 is 1.48 bits per heavy atom. The molecule has 7 nitrogen and oxygen atoms in total. The lowest BCUT2D eigenvalue weighted by atomic mass is 10.3. The third kappa shape index (κ3) is 4.49. The van der Waals surface area contributed by atoms with Crippen LogP contribution >= 0.6 is 0 Å². The monoisotopic (exact) mass is 318 g/mol. The highest BCUT2D eigenvalue weighted by Gasteiger charge is 2.27. The van der Waals surface area contributed by atoms with Crippen LogP contribution in [-0.4, -0.2) is 81.0 Å². The fraction of sp³-hybridized carbons (Fsp3) is 0.562. The number of hydrogen-bond acceptors (Lipinski definition) is 6. The Balaban J connectivity index is 1.92. The van der Waals surface area contributed by atoms with Crippen molar-refractivity contribution in [1.82, 2.24) is 20.4 Å². The van der Waals surface area contributed by atoms with Crippen LogP contribution in [0, 0.1) is 0 Å². The maximum absolute atomic E-state index is 12.4. The number of amides is 1. The van der Waals surface area contributed by atoms with Crippen LogP contribution in [0.4, 0.5) is 0 Å². The van der Waals surface area contributed by atoms with E-state index in [0.717, 1.165) is 44.1 Å². The maximum atomic E-state index is 12.4. The molecule has 0 aliphatic carbocycles. The SMILES string of the molecule is C=N/C=C1\C(=N/CC)C=C(C(=O)NCCN2CCNCC2)N1C. The van der Waals surface area contributed by atoms with Crippen LogP contribution in [0.15, 0.2) is 33.7 Å². The second-order valence-electron chi connectivity index (χ2n) is 5.49. The number of nitrogens with one attached hydrogen (secondary N) is 2. The van der Waals surface area contributed by atoms with Crippen molar-refractivity contribution < 1.29 is 4.79 Å². The highest BCUT2D eigenvalue weighted by molar-refractivity contribution is 6.16. The molecule has 0 aromatic rings. The minimum atomic E-state index is -0.0844. The summed E-state index contributed by atoms with van der Waals surface area (Å²) in [4.78, 5) is 24.8. The summed E-state index contributed by atoms with van der Waals surface area (Å²) in [5, 5.41) is 6.31. The van der Waals surface area contributed by atoms with Crippen molar-refractivity contribution >= 4 is 18.3 Å². The van der Waals surface area contributed by atoms with E-state index in [1.165, 1.54) is 0 Å². The molecule has 126 valence electrons. The molecule has 1 amide bonds. The normalized spacial score (nSPS) is 22.5. The van der Waals surface area contributed by atoms with Crippen LogP contribution in [0.2, 0.25) is 0 Å². The fourth-order valence-corrected chi connectivity index (χ4v) is 2.71. The third-order valence-electron chi connectivity index (χ3n) is 3.96. The largest absolute Gasteiger partial charge is 0.349 e. The highest BCUT2D eigenvalue weighted by Crippen LogP contribution is 2.21. The molecular formula is C16H26N6O. The first-order valence-corrected chi connectivity index (χ1v) is 8.05. The van der Waals surface area contributed by atoms with Gasteiger partial charge in [-0.05, 0) is 19.7 Å². The molecule has 0 bridgehead atoms. The number of nitrogens with zero attached hydrogens (tertiary/aromatic N) is 4. The number of allylic oxidation sites excluding steroid dienone is 1. The summed E-state index contributed by atoms with van der Waals surface area (Å²) in [6, 6.07) is 0. The van der Waals surface area contributed by atoms with Gasteiger partial charge < -0.3 is 15.5 Å². The van der Waals surface area contributed by atoms with Gasteiger partial charge in [-0.3, -0.25) is 19.7 Å². The molecule has 23 heavy (non-hydrogen) atoms. The molecular weight excluding hydrogens is 292 g/mol. The van der Waals surface area contributed by atoms with Gasteiger partial charge in [0.05, 0.1) is 17.6 Å². The van der Waals surface area contributed by atoms with Crippen molar-refractivity contribution in [2.24, 2.45) is 9.98 Å². The molecule has 0 unspecified atom stereocenters. The van der Waals surface area contributed by atoms with Crippen molar-refractivity contribution in [3.05, 3.63) is 23.7 Å². The van der Waals surface area contributed by atoms with Crippen molar-refractivity contribution in [3.8, 4) is 0 Å². The fourth-order valence-electron chi connectivity index (χ4n) is 2.71. The van der Waals surface area contributed by atoms with Gasteiger partial charge in [0.1, 0.15) is 5.70 Å². The molecule has 0 aromatic heterocycles. The Hall–Kier alpha value is -1.99. The molecule has 0 aromatic carbocycles. The van der Waals surface area contributed by atoms with Crippen molar-refractivity contribution in [2.75, 3.05) is 52.9 Å². The number of carbonyl (C=O) groups excluding carboxylic acids is 1. The highest BCUT2D eigenvalue weighted by atomic mass is 16.2. The van der Waals surface area contributed by atoms with Crippen LogP contribution in [-0.2, 0) is 4.79 Å². The predicted octanol–water partition coefficient (Wildman–Crippen LogP) is -0.160. The smallest absolute Gasteiger partial charge is 0.268 e. The van der Waals surface area contributed by atoms with Crippen LogP contribution in [0.25, 0.3) is 0 Å². The molecule has 0 saturated carbocycles. The molecule has 0 atom stereocenters. The van der Waals surface area contributed by atoms with Crippen molar-refractivity contribution in [3.63, 3.8) is 0 Å². The molecule has 0 spiro atoms. The van der Waals surface area contributed by atoms with Gasteiger partial charge in [0.2, 0.25) is 0 Å². The van der Waals surface area contributed by atoms with Gasteiger partial charge >= 0.3 is 0 Å². The van der Waals surface area contributed by atoms with Gasteiger partial charge in [-0.15, -0.1) is 0 Å². The number of aliphatic imine (C=N–C) groups is 2. The van der Waals surface area contributed by atoms with Gasteiger partial charge in [0.15, 0.2) is 0 Å². The zero-order valence-corrected chi connectivity index (χ0v) is 14.0. The van der Waals surface area contributed by atoms with E-state index in [1.54, 1.807) is 12.3 Å². The quantitative estimate of drug-likeness (QED) is 0.668. The van der Waals surface area contributed by atoms with Gasteiger partial charge in [-0.1, -0.05) is 0 Å². The molecule has 2 aliphatic heterocycles. The number of piperazine rings is 1. The minimum Gasteiger partial charge on any atom is -0.349 e. The summed E-state index contributed by atoms with van der Waals surface area (Å²) >= 11 is 0. The molecule has 2 rings (SSSR count). The Labute approximate surface area is 137 Å². The first-order valence-electron chi connectivity index (χ1n) is 8.05. The average molecular weight is 318 g/mol. The van der Waals surface area contributed by atoms with Gasteiger partial charge in [-0.25, -0.2) is 0 Å². The standard InChI is InChI=1S/C16H26N6O/c1-4-19-13-11-14(21(3)15(13)12-17-2)16(23)20-7-10-22-8-5-18-6-9-22/h11-12,18H,2,4-10H2,1,3H3,(H,20,23)/b15-12+,19-13-. The van der Waals surface area contributed by atoms with Crippen molar-refractivity contribution in [2.45, 2.75) is 6.92 Å². The van der Waals surface area contributed by atoms with Crippen molar-refractivity contribution in [1.29, 1.82) is 0 Å². The van der Waals surface area contributed by atoms with E-state index in [0.29, 0.717) is 18.8 Å². The van der Waals surface area contributed by atoms with Gasteiger partial charge in [0, 0.05) is 52.9 Å². The van der Waals surface area contributed by atoms with Crippen LogP contribution < -0.4 is 10.6 Å². The van der Waals surface area contributed by atoms with Crippen LogP contribution in [0.1, 0.15) is 6.92 Å². The zero-order chi connectivity index (χ0) is 16.7. The first-order chi connectivity index (χ1) is 11.2. The van der Waals surface area contributed by atoms with E-state index >= 15 is 0 Å². The third-order valence-corrected chi connectivity index (χ3v) is 3.96. The molecule has 1 fully saturated rings. The lowest BCUT2D eigenvalue weighted by Crippen LogP contribution is -2.46. The number of likely N-dealkylation sites (N-methyl/N-ethyl adjacent to an activating group) is 1.